The van der Waals surface area contributed by atoms with Gasteiger partial charge in [0.15, 0.2) is 0 Å². The Balaban J connectivity index is 4.17. The molecule has 0 bridgehead atoms. The molecule has 0 spiro atoms. The molecular weight excluding hydrogens is 156 g/mol. The van der Waals surface area contributed by atoms with E-state index in [1.807, 2.05) is 13.8 Å². The SMILES string of the molecule is CC(C)(CN)C(N)(N)NCCO. The van der Waals surface area contributed by atoms with Crippen molar-refractivity contribution >= 4 is 0 Å². The van der Waals surface area contributed by atoms with Gasteiger partial charge in [-0.1, -0.05) is 13.8 Å². The van der Waals surface area contributed by atoms with E-state index >= 15 is 0 Å². The van der Waals surface area contributed by atoms with Gasteiger partial charge in [-0.2, -0.15) is 0 Å². The molecule has 0 aliphatic carbocycles. The Labute approximate surface area is 73.3 Å². The summed E-state index contributed by atoms with van der Waals surface area (Å²) < 4.78 is 0. The summed E-state index contributed by atoms with van der Waals surface area (Å²) in [5.41, 5.74) is 16.6. The smallest absolute Gasteiger partial charge is 0.124 e. The number of nitrogens with two attached hydrogens (primary N) is 3. The van der Waals surface area contributed by atoms with Crippen LogP contribution in [0.3, 0.4) is 0 Å². The normalized spacial score (nSPS) is 13.5. The first kappa shape index (κ1) is 11.8. The van der Waals surface area contributed by atoms with E-state index in [0.717, 1.165) is 0 Å². The summed E-state index contributed by atoms with van der Waals surface area (Å²) in [6.07, 6.45) is 0. The molecule has 0 unspecified atom stereocenters. The van der Waals surface area contributed by atoms with Gasteiger partial charge in [-0.3, -0.25) is 5.32 Å². The molecule has 0 saturated heterocycles. The molecule has 8 N–H and O–H groups in total. The average molecular weight is 176 g/mol. The number of nitrogens with one attached hydrogen (secondary N) is 1. The number of rotatable bonds is 5. The van der Waals surface area contributed by atoms with Crippen molar-refractivity contribution in [2.75, 3.05) is 19.7 Å². The van der Waals surface area contributed by atoms with Gasteiger partial charge < -0.3 is 22.3 Å². The number of aliphatic hydroxyl groups is 1. The zero-order valence-electron chi connectivity index (χ0n) is 7.80. The molecule has 0 radical (unpaired) electrons. The van der Waals surface area contributed by atoms with Crippen LogP contribution in [-0.2, 0) is 0 Å². The van der Waals surface area contributed by atoms with Crippen molar-refractivity contribution in [1.82, 2.24) is 5.32 Å². The third-order valence-electron chi connectivity index (χ3n) is 2.16. The Morgan fingerprint density at radius 1 is 1.33 bits per heavy atom. The Morgan fingerprint density at radius 3 is 2.17 bits per heavy atom. The van der Waals surface area contributed by atoms with E-state index in [1.165, 1.54) is 0 Å². The van der Waals surface area contributed by atoms with Crippen LogP contribution < -0.4 is 22.5 Å². The first-order valence-corrected chi connectivity index (χ1v) is 4.01. The highest BCUT2D eigenvalue weighted by molar-refractivity contribution is 4.91. The van der Waals surface area contributed by atoms with Crippen LogP contribution in [0.5, 0.6) is 0 Å². The molecule has 0 saturated carbocycles. The molecule has 0 rings (SSSR count). The second-order valence-corrected chi connectivity index (χ2v) is 3.61. The van der Waals surface area contributed by atoms with Crippen molar-refractivity contribution in [2.45, 2.75) is 19.6 Å². The standard InChI is InChI=1S/C7H20N4O/c1-6(2,5-8)7(9,10)11-3-4-12/h11-12H,3-5,8-10H2,1-2H3. The van der Waals surface area contributed by atoms with E-state index in [1.54, 1.807) is 0 Å². The lowest BCUT2D eigenvalue weighted by molar-refractivity contribution is 0.127. The van der Waals surface area contributed by atoms with E-state index in [-0.39, 0.29) is 6.61 Å². The summed E-state index contributed by atoms with van der Waals surface area (Å²) in [4.78, 5) is 0. The first-order valence-electron chi connectivity index (χ1n) is 4.01. The summed E-state index contributed by atoms with van der Waals surface area (Å²) >= 11 is 0. The lowest BCUT2D eigenvalue weighted by Crippen LogP contribution is -2.71. The first-order chi connectivity index (χ1) is 5.37. The third-order valence-corrected chi connectivity index (χ3v) is 2.16. The van der Waals surface area contributed by atoms with Crippen molar-refractivity contribution in [3.63, 3.8) is 0 Å². The summed E-state index contributed by atoms with van der Waals surface area (Å²) in [5, 5.41) is 11.4. The molecule has 0 fully saturated rings. The second-order valence-electron chi connectivity index (χ2n) is 3.61. The molecule has 5 heteroatoms. The van der Waals surface area contributed by atoms with Crippen molar-refractivity contribution in [1.29, 1.82) is 0 Å². The molecule has 0 heterocycles. The maximum absolute atomic E-state index is 8.56. The lowest BCUT2D eigenvalue weighted by atomic mass is 9.85. The maximum Gasteiger partial charge on any atom is 0.124 e. The summed E-state index contributed by atoms with van der Waals surface area (Å²) in [5.74, 6) is -1.04. The summed E-state index contributed by atoms with van der Waals surface area (Å²) in [6, 6.07) is 0. The van der Waals surface area contributed by atoms with E-state index in [2.05, 4.69) is 5.32 Å². The van der Waals surface area contributed by atoms with Gasteiger partial charge >= 0.3 is 0 Å². The van der Waals surface area contributed by atoms with Crippen molar-refractivity contribution in [3.05, 3.63) is 0 Å². The van der Waals surface area contributed by atoms with Crippen LogP contribution in [-0.4, -0.2) is 30.6 Å². The average Bonchev–Trinajstić information content (AvgIpc) is 2.00. The molecule has 0 aromatic carbocycles. The quantitative estimate of drug-likeness (QED) is 0.315. The topological polar surface area (TPSA) is 110 Å². The van der Waals surface area contributed by atoms with Gasteiger partial charge in [-0.25, -0.2) is 0 Å². The highest BCUT2D eigenvalue weighted by atomic mass is 16.3. The number of hydrogen-bond donors (Lipinski definition) is 5. The monoisotopic (exact) mass is 176 g/mol. The van der Waals surface area contributed by atoms with Crippen molar-refractivity contribution < 1.29 is 5.11 Å². The van der Waals surface area contributed by atoms with Gasteiger partial charge in [0, 0.05) is 18.5 Å². The van der Waals surface area contributed by atoms with Gasteiger partial charge in [0.2, 0.25) is 0 Å². The van der Waals surface area contributed by atoms with Crippen LogP contribution in [0.15, 0.2) is 0 Å². The maximum atomic E-state index is 8.56. The molecule has 0 aliphatic heterocycles. The van der Waals surface area contributed by atoms with E-state index in [9.17, 15) is 0 Å². The molecule has 0 aliphatic rings. The fraction of sp³-hybridized carbons (Fsp3) is 1.00. The van der Waals surface area contributed by atoms with Crippen LogP contribution in [0.2, 0.25) is 0 Å². The zero-order chi connectivity index (χ0) is 9.83. The third kappa shape index (κ3) is 2.69. The minimum Gasteiger partial charge on any atom is -0.395 e. The zero-order valence-corrected chi connectivity index (χ0v) is 7.80. The summed E-state index contributed by atoms with van der Waals surface area (Å²) in [7, 11) is 0. The molecule has 5 nitrogen and oxygen atoms in total. The van der Waals surface area contributed by atoms with Gasteiger partial charge in [-0.15, -0.1) is 0 Å². The molecule has 74 valence electrons. The molecule has 0 aromatic rings. The van der Waals surface area contributed by atoms with Crippen LogP contribution >= 0.6 is 0 Å². The number of hydrogen-bond acceptors (Lipinski definition) is 5. The van der Waals surface area contributed by atoms with E-state index in [0.29, 0.717) is 13.1 Å². The fourth-order valence-corrected chi connectivity index (χ4v) is 0.671. The molecule has 0 aromatic heterocycles. The van der Waals surface area contributed by atoms with Crippen LogP contribution in [0.25, 0.3) is 0 Å². The molecule has 0 atom stereocenters. The summed E-state index contributed by atoms with van der Waals surface area (Å²) in [6.45, 7) is 4.51. The minimum absolute atomic E-state index is 0.0107. The van der Waals surface area contributed by atoms with Gasteiger partial charge in [0.05, 0.1) is 6.61 Å². The van der Waals surface area contributed by atoms with Gasteiger partial charge in [0.25, 0.3) is 0 Å². The fourth-order valence-electron chi connectivity index (χ4n) is 0.671. The van der Waals surface area contributed by atoms with E-state index in [4.69, 9.17) is 22.3 Å². The van der Waals surface area contributed by atoms with Crippen molar-refractivity contribution in [2.24, 2.45) is 22.6 Å². The molecular formula is C7H20N4O. The lowest BCUT2D eigenvalue weighted by Gasteiger charge is -2.40. The van der Waals surface area contributed by atoms with Gasteiger partial charge in [-0.05, 0) is 0 Å². The highest BCUT2D eigenvalue weighted by Crippen LogP contribution is 2.20. The van der Waals surface area contributed by atoms with Crippen LogP contribution in [0.1, 0.15) is 13.8 Å². The van der Waals surface area contributed by atoms with Gasteiger partial charge in [0.1, 0.15) is 5.79 Å². The number of aliphatic hydroxyl groups excluding tert-OH is 1. The van der Waals surface area contributed by atoms with E-state index < -0.39 is 11.2 Å². The van der Waals surface area contributed by atoms with Crippen LogP contribution in [0, 0.1) is 5.41 Å². The Bertz CT molecular complexity index is 135. The molecule has 0 amide bonds. The second kappa shape index (κ2) is 4.15. The minimum atomic E-state index is -1.04. The Hall–Kier alpha value is -0.200. The predicted octanol–water partition coefficient (Wildman–Crippen LogP) is -1.88. The predicted molar refractivity (Wildman–Crippen MR) is 49.0 cm³/mol. The molecule has 12 heavy (non-hydrogen) atoms. The van der Waals surface area contributed by atoms with Crippen molar-refractivity contribution in [3.8, 4) is 0 Å². The Kier molecular flexibility index (Phi) is 4.09. The highest BCUT2D eigenvalue weighted by Gasteiger charge is 2.36. The van der Waals surface area contributed by atoms with Crippen LogP contribution in [0.4, 0.5) is 0 Å². The largest absolute Gasteiger partial charge is 0.395 e. The Morgan fingerprint density at radius 2 is 1.83 bits per heavy atom.